The van der Waals surface area contributed by atoms with Crippen LogP contribution in [0.15, 0.2) is 0 Å². The van der Waals surface area contributed by atoms with E-state index < -0.39 is 18.6 Å². The lowest BCUT2D eigenvalue weighted by molar-refractivity contribution is -0.164. The van der Waals surface area contributed by atoms with Gasteiger partial charge in [-0.05, 0) is 18.8 Å². The number of nitrogens with zero attached hydrogens (tertiary/aromatic N) is 1. The Kier molecular flexibility index (Phi) is 4.80. The summed E-state index contributed by atoms with van der Waals surface area (Å²) in [4.78, 5) is 12.8. The zero-order chi connectivity index (χ0) is 13.1. The molecule has 2 unspecified atom stereocenters. The summed E-state index contributed by atoms with van der Waals surface area (Å²) in [6.45, 7) is 0.764. The Balaban J connectivity index is 2.66. The Morgan fingerprint density at radius 2 is 2.06 bits per heavy atom. The first kappa shape index (κ1) is 14.3. The number of hydrogen-bond donors (Lipinski definition) is 1. The van der Waals surface area contributed by atoms with Gasteiger partial charge in [0.2, 0.25) is 5.91 Å². The van der Waals surface area contributed by atoms with Crippen molar-refractivity contribution in [1.82, 2.24) is 4.90 Å². The molecule has 2 N–H and O–H groups in total. The highest BCUT2D eigenvalue weighted by Gasteiger charge is 2.37. The summed E-state index contributed by atoms with van der Waals surface area (Å²) in [5.74, 6) is -0.474. The molecule has 100 valence electrons. The molecule has 0 heterocycles. The van der Waals surface area contributed by atoms with Gasteiger partial charge in [0.15, 0.2) is 0 Å². The number of nitrogens with two attached hydrogens (primary N) is 1. The summed E-state index contributed by atoms with van der Waals surface area (Å²) in [7, 11) is 0. The van der Waals surface area contributed by atoms with Gasteiger partial charge in [-0.1, -0.05) is 13.3 Å². The molecule has 2 atom stereocenters. The Morgan fingerprint density at radius 1 is 1.41 bits per heavy atom. The lowest BCUT2D eigenvalue weighted by atomic mass is 9.96. The van der Waals surface area contributed by atoms with E-state index in [0.29, 0.717) is 6.42 Å². The number of rotatable bonds is 4. The molecule has 0 bridgehead atoms. The van der Waals surface area contributed by atoms with Crippen LogP contribution < -0.4 is 5.73 Å². The molecule has 3 nitrogen and oxygen atoms in total. The maximum Gasteiger partial charge on any atom is 0.406 e. The van der Waals surface area contributed by atoms with Gasteiger partial charge in [-0.3, -0.25) is 4.79 Å². The number of hydrogen-bond acceptors (Lipinski definition) is 2. The lowest BCUT2D eigenvalue weighted by Gasteiger charge is -2.27. The third kappa shape index (κ3) is 4.18. The van der Waals surface area contributed by atoms with Crippen molar-refractivity contribution in [2.75, 3.05) is 19.6 Å². The fraction of sp³-hybridized carbons (Fsp3) is 0.909. The zero-order valence-corrected chi connectivity index (χ0v) is 9.96. The molecule has 1 rings (SSSR count). The summed E-state index contributed by atoms with van der Waals surface area (Å²) < 4.78 is 37.0. The van der Waals surface area contributed by atoms with Crippen molar-refractivity contribution in [2.45, 2.75) is 32.4 Å². The molecule has 6 heteroatoms. The minimum atomic E-state index is -4.35. The van der Waals surface area contributed by atoms with Gasteiger partial charge in [0.25, 0.3) is 0 Å². The Labute approximate surface area is 99.1 Å². The maximum absolute atomic E-state index is 12.3. The number of halogens is 3. The second-order valence-corrected chi connectivity index (χ2v) is 4.68. The average molecular weight is 252 g/mol. The summed E-state index contributed by atoms with van der Waals surface area (Å²) in [5.41, 5.74) is 5.26. The first-order valence-electron chi connectivity index (χ1n) is 5.90. The Bertz CT molecular complexity index is 268. The number of carbonyl (C=O) groups is 1. The molecule has 1 amide bonds. The third-order valence-corrected chi connectivity index (χ3v) is 3.26. The molecule has 0 radical (unpaired) electrons. The van der Waals surface area contributed by atoms with Crippen LogP contribution in [-0.4, -0.2) is 36.6 Å². The van der Waals surface area contributed by atoms with Gasteiger partial charge in [0.1, 0.15) is 6.54 Å². The molecule has 1 fully saturated rings. The quantitative estimate of drug-likeness (QED) is 0.829. The van der Waals surface area contributed by atoms with Crippen LogP contribution in [0.25, 0.3) is 0 Å². The Hall–Kier alpha value is -0.780. The smallest absolute Gasteiger partial charge is 0.332 e. The average Bonchev–Trinajstić information content (AvgIpc) is 2.61. The molecular weight excluding hydrogens is 233 g/mol. The first-order valence-corrected chi connectivity index (χ1v) is 5.90. The summed E-state index contributed by atoms with van der Waals surface area (Å²) >= 11 is 0. The van der Waals surface area contributed by atoms with Crippen molar-refractivity contribution >= 4 is 5.91 Å². The highest BCUT2D eigenvalue weighted by molar-refractivity contribution is 5.79. The van der Waals surface area contributed by atoms with Crippen LogP contribution >= 0.6 is 0 Å². The van der Waals surface area contributed by atoms with Crippen LogP contribution in [0, 0.1) is 11.8 Å². The number of carbonyl (C=O) groups excluding carboxylic acids is 1. The van der Waals surface area contributed by atoms with E-state index >= 15 is 0 Å². The summed E-state index contributed by atoms with van der Waals surface area (Å²) in [6.07, 6.45) is -1.83. The van der Waals surface area contributed by atoms with Crippen molar-refractivity contribution in [3.05, 3.63) is 0 Å². The van der Waals surface area contributed by atoms with Crippen molar-refractivity contribution in [1.29, 1.82) is 0 Å². The second-order valence-electron chi connectivity index (χ2n) is 4.68. The van der Waals surface area contributed by atoms with Crippen LogP contribution in [0.1, 0.15) is 26.2 Å². The normalized spacial score (nSPS) is 25.0. The number of amides is 1. The van der Waals surface area contributed by atoms with E-state index in [1.807, 2.05) is 6.92 Å². The molecule has 1 saturated carbocycles. The molecule has 1 aliphatic rings. The second kappa shape index (κ2) is 5.71. The maximum atomic E-state index is 12.3. The molecule has 0 spiro atoms. The standard InChI is InChI=1S/C11H19F3N2O/c1-8-3-2-4-9(8)10(17)16(6-5-15)7-11(12,13)14/h8-9H,2-7,15H2,1H3. The molecule has 0 aromatic rings. The van der Waals surface area contributed by atoms with Gasteiger partial charge in [-0.2, -0.15) is 13.2 Å². The number of alkyl halides is 3. The molecule has 17 heavy (non-hydrogen) atoms. The first-order chi connectivity index (χ1) is 7.85. The van der Waals surface area contributed by atoms with E-state index in [-0.39, 0.29) is 24.9 Å². The van der Waals surface area contributed by atoms with E-state index in [1.165, 1.54) is 0 Å². The fourth-order valence-electron chi connectivity index (χ4n) is 2.39. The summed E-state index contributed by atoms with van der Waals surface area (Å²) in [5, 5.41) is 0. The van der Waals surface area contributed by atoms with Crippen LogP contribution in [0.5, 0.6) is 0 Å². The van der Waals surface area contributed by atoms with E-state index in [4.69, 9.17) is 5.73 Å². The van der Waals surface area contributed by atoms with Gasteiger partial charge in [0, 0.05) is 19.0 Å². The van der Waals surface area contributed by atoms with Gasteiger partial charge in [0.05, 0.1) is 0 Å². The third-order valence-electron chi connectivity index (χ3n) is 3.26. The highest BCUT2D eigenvalue weighted by atomic mass is 19.4. The molecular formula is C11H19F3N2O. The molecule has 0 saturated heterocycles. The topological polar surface area (TPSA) is 46.3 Å². The largest absolute Gasteiger partial charge is 0.406 e. The fourth-order valence-corrected chi connectivity index (χ4v) is 2.39. The van der Waals surface area contributed by atoms with Gasteiger partial charge >= 0.3 is 6.18 Å². The molecule has 0 aliphatic heterocycles. The zero-order valence-electron chi connectivity index (χ0n) is 9.96. The SMILES string of the molecule is CC1CCCC1C(=O)N(CCN)CC(F)(F)F. The van der Waals surface area contributed by atoms with E-state index in [0.717, 1.165) is 17.7 Å². The van der Waals surface area contributed by atoms with Crippen LogP contribution in [0.4, 0.5) is 13.2 Å². The molecule has 1 aliphatic carbocycles. The van der Waals surface area contributed by atoms with Crippen molar-refractivity contribution in [2.24, 2.45) is 17.6 Å². The van der Waals surface area contributed by atoms with Gasteiger partial charge < -0.3 is 10.6 Å². The van der Waals surface area contributed by atoms with E-state index in [9.17, 15) is 18.0 Å². The van der Waals surface area contributed by atoms with Crippen LogP contribution in [-0.2, 0) is 4.79 Å². The Morgan fingerprint density at radius 3 is 2.47 bits per heavy atom. The molecule has 0 aromatic heterocycles. The van der Waals surface area contributed by atoms with Crippen molar-refractivity contribution in [3.8, 4) is 0 Å². The van der Waals surface area contributed by atoms with Gasteiger partial charge in [-0.25, -0.2) is 0 Å². The van der Waals surface area contributed by atoms with Crippen molar-refractivity contribution in [3.63, 3.8) is 0 Å². The van der Waals surface area contributed by atoms with Crippen LogP contribution in [0.2, 0.25) is 0 Å². The summed E-state index contributed by atoms with van der Waals surface area (Å²) in [6, 6.07) is 0. The van der Waals surface area contributed by atoms with Gasteiger partial charge in [-0.15, -0.1) is 0 Å². The monoisotopic (exact) mass is 252 g/mol. The minimum absolute atomic E-state index is 0.0262. The highest BCUT2D eigenvalue weighted by Crippen LogP contribution is 2.33. The van der Waals surface area contributed by atoms with E-state index in [2.05, 4.69) is 0 Å². The predicted molar refractivity (Wildman–Crippen MR) is 58.2 cm³/mol. The predicted octanol–water partition coefficient (Wildman–Crippen LogP) is 1.77. The van der Waals surface area contributed by atoms with E-state index in [1.54, 1.807) is 0 Å². The van der Waals surface area contributed by atoms with Crippen molar-refractivity contribution < 1.29 is 18.0 Å². The molecule has 0 aromatic carbocycles. The lowest BCUT2D eigenvalue weighted by Crippen LogP contribution is -2.45. The van der Waals surface area contributed by atoms with Crippen LogP contribution in [0.3, 0.4) is 0 Å². The minimum Gasteiger partial charge on any atom is -0.332 e.